The molecule has 2 radical (unpaired) electrons. The predicted molar refractivity (Wildman–Crippen MR) is 93.9 cm³/mol. The van der Waals surface area contributed by atoms with Crippen LogP contribution in [0, 0.1) is 11.3 Å². The van der Waals surface area contributed by atoms with E-state index >= 15 is 0 Å². The maximum absolute atomic E-state index is 9.24. The Hall–Kier alpha value is -2.73. The van der Waals surface area contributed by atoms with Crippen molar-refractivity contribution in [3.05, 3.63) is 95.7 Å². The van der Waals surface area contributed by atoms with Crippen LogP contribution in [0.1, 0.15) is 12.5 Å². The lowest BCUT2D eigenvalue weighted by atomic mass is 9.97. The Labute approximate surface area is 134 Å². The van der Waals surface area contributed by atoms with Crippen LogP contribution in [0.25, 0.3) is 0 Å². The third kappa shape index (κ3) is 6.63. The standard InChI is InChI=1S/C19H19BN2/c1-15(8-7-9-16(2)20)12-19(13-21)17(3)22-14-18-10-5-4-6-11-18/h4-12,22H,1,3,14H2,2H3/b8-7-,16-9+,19-12+. The quantitative estimate of drug-likeness (QED) is 0.468. The highest BCUT2D eigenvalue weighted by atomic mass is 14.9. The van der Waals surface area contributed by atoms with E-state index in [0.717, 1.165) is 5.56 Å². The van der Waals surface area contributed by atoms with Gasteiger partial charge in [-0.25, -0.2) is 0 Å². The molecule has 0 unspecified atom stereocenters. The zero-order chi connectivity index (χ0) is 16.4. The maximum Gasteiger partial charge on any atom is 0.107 e. The first-order chi connectivity index (χ1) is 10.5. The van der Waals surface area contributed by atoms with Crippen LogP contribution in [0.2, 0.25) is 0 Å². The normalized spacial score (nSPS) is 12.0. The topological polar surface area (TPSA) is 35.8 Å². The summed E-state index contributed by atoms with van der Waals surface area (Å²) in [5, 5.41) is 12.4. The first-order valence-electron chi connectivity index (χ1n) is 6.91. The van der Waals surface area contributed by atoms with E-state index in [1.165, 1.54) is 0 Å². The van der Waals surface area contributed by atoms with Crippen molar-refractivity contribution < 1.29 is 0 Å². The minimum absolute atomic E-state index is 0.457. The van der Waals surface area contributed by atoms with Gasteiger partial charge in [0.15, 0.2) is 0 Å². The molecule has 0 spiro atoms. The van der Waals surface area contributed by atoms with E-state index in [4.69, 9.17) is 7.85 Å². The number of hydrogen-bond donors (Lipinski definition) is 1. The zero-order valence-corrected chi connectivity index (χ0v) is 12.8. The van der Waals surface area contributed by atoms with Gasteiger partial charge in [0.2, 0.25) is 0 Å². The fraction of sp³-hybridized carbons (Fsp3) is 0.105. The van der Waals surface area contributed by atoms with Gasteiger partial charge in [-0.2, -0.15) is 5.26 Å². The molecule has 0 saturated carbocycles. The van der Waals surface area contributed by atoms with Crippen molar-refractivity contribution in [2.75, 3.05) is 0 Å². The Kier molecular flexibility index (Phi) is 7.29. The average molecular weight is 286 g/mol. The van der Waals surface area contributed by atoms with E-state index < -0.39 is 0 Å². The molecule has 0 amide bonds. The molecule has 0 aliphatic carbocycles. The van der Waals surface area contributed by atoms with Gasteiger partial charge in [0.25, 0.3) is 0 Å². The second-order valence-corrected chi connectivity index (χ2v) is 4.83. The largest absolute Gasteiger partial charge is 0.380 e. The number of nitrogens with one attached hydrogen (secondary N) is 1. The van der Waals surface area contributed by atoms with E-state index in [9.17, 15) is 5.26 Å². The Morgan fingerprint density at radius 2 is 2.00 bits per heavy atom. The summed E-state index contributed by atoms with van der Waals surface area (Å²) in [5.41, 5.74) is 3.58. The summed E-state index contributed by atoms with van der Waals surface area (Å²) < 4.78 is 0. The van der Waals surface area contributed by atoms with E-state index in [2.05, 4.69) is 24.5 Å². The average Bonchev–Trinajstić information content (AvgIpc) is 2.51. The Bertz CT molecular complexity index is 654. The number of nitrogens with zero attached hydrogens (tertiary/aromatic N) is 1. The van der Waals surface area contributed by atoms with Crippen molar-refractivity contribution in [1.82, 2.24) is 5.32 Å². The summed E-state index contributed by atoms with van der Waals surface area (Å²) in [7, 11) is 5.54. The number of nitriles is 1. The van der Waals surface area contributed by atoms with Crippen LogP contribution in [-0.2, 0) is 6.54 Å². The lowest BCUT2D eigenvalue weighted by Crippen LogP contribution is -2.13. The van der Waals surface area contributed by atoms with Gasteiger partial charge >= 0.3 is 0 Å². The third-order valence-electron chi connectivity index (χ3n) is 2.79. The number of rotatable bonds is 7. The SMILES string of the molecule is [B]/C(C)=C/C=C\C(=C)/C=C(\C#N)C(=C)NCc1ccccc1. The molecule has 0 fully saturated rings. The minimum Gasteiger partial charge on any atom is -0.380 e. The van der Waals surface area contributed by atoms with Crippen LogP contribution in [0.4, 0.5) is 0 Å². The van der Waals surface area contributed by atoms with Crippen LogP contribution >= 0.6 is 0 Å². The van der Waals surface area contributed by atoms with Gasteiger partial charge in [-0.15, -0.1) is 5.47 Å². The highest BCUT2D eigenvalue weighted by Crippen LogP contribution is 2.10. The predicted octanol–water partition coefficient (Wildman–Crippen LogP) is 3.92. The van der Waals surface area contributed by atoms with Gasteiger partial charge in [0.1, 0.15) is 13.9 Å². The van der Waals surface area contributed by atoms with Gasteiger partial charge in [-0.05, 0) is 17.2 Å². The Morgan fingerprint density at radius 1 is 1.32 bits per heavy atom. The molecule has 1 N–H and O–H groups in total. The van der Waals surface area contributed by atoms with Gasteiger partial charge < -0.3 is 5.32 Å². The molecule has 1 rings (SSSR count). The van der Waals surface area contributed by atoms with Crippen LogP contribution in [0.3, 0.4) is 0 Å². The van der Waals surface area contributed by atoms with Crippen LogP contribution in [-0.4, -0.2) is 7.85 Å². The van der Waals surface area contributed by atoms with Gasteiger partial charge in [-0.1, -0.05) is 68.6 Å². The third-order valence-corrected chi connectivity index (χ3v) is 2.79. The molecule has 0 aromatic heterocycles. The van der Waals surface area contributed by atoms with E-state index in [0.29, 0.717) is 28.9 Å². The van der Waals surface area contributed by atoms with Crippen molar-refractivity contribution in [2.24, 2.45) is 0 Å². The second kappa shape index (κ2) is 9.25. The molecule has 0 bridgehead atoms. The molecule has 22 heavy (non-hydrogen) atoms. The first-order valence-corrected chi connectivity index (χ1v) is 6.91. The second-order valence-electron chi connectivity index (χ2n) is 4.83. The first kappa shape index (κ1) is 17.3. The molecule has 3 heteroatoms. The molecular formula is C19H19BN2. The van der Waals surface area contributed by atoms with Crippen molar-refractivity contribution in [2.45, 2.75) is 13.5 Å². The smallest absolute Gasteiger partial charge is 0.107 e. The molecule has 1 aromatic rings. The van der Waals surface area contributed by atoms with Crippen molar-refractivity contribution in [3.8, 4) is 6.07 Å². The molecule has 2 nitrogen and oxygen atoms in total. The molecule has 1 aromatic carbocycles. The zero-order valence-electron chi connectivity index (χ0n) is 12.8. The van der Waals surface area contributed by atoms with E-state index in [1.54, 1.807) is 31.2 Å². The minimum atomic E-state index is 0.457. The van der Waals surface area contributed by atoms with Crippen LogP contribution in [0.15, 0.2) is 90.1 Å². The molecular weight excluding hydrogens is 267 g/mol. The fourth-order valence-corrected chi connectivity index (χ4v) is 1.64. The lowest BCUT2D eigenvalue weighted by molar-refractivity contribution is 0.829. The summed E-state index contributed by atoms with van der Waals surface area (Å²) in [6, 6.07) is 12.1. The highest BCUT2D eigenvalue weighted by molar-refractivity contribution is 6.21. The highest BCUT2D eigenvalue weighted by Gasteiger charge is 2.02. The molecule has 108 valence electrons. The van der Waals surface area contributed by atoms with Crippen LogP contribution < -0.4 is 5.32 Å². The fourth-order valence-electron chi connectivity index (χ4n) is 1.64. The Balaban J connectivity index is 2.66. The maximum atomic E-state index is 9.24. The summed E-state index contributed by atoms with van der Waals surface area (Å²) in [5.74, 6) is 0. The Morgan fingerprint density at radius 3 is 2.59 bits per heavy atom. The van der Waals surface area contributed by atoms with Gasteiger partial charge in [0, 0.05) is 12.2 Å². The van der Waals surface area contributed by atoms with Crippen molar-refractivity contribution >= 4 is 7.85 Å². The molecule has 0 atom stereocenters. The summed E-state index contributed by atoms with van der Waals surface area (Å²) in [4.78, 5) is 0. The number of hydrogen-bond acceptors (Lipinski definition) is 2. The van der Waals surface area contributed by atoms with Crippen LogP contribution in [0.5, 0.6) is 0 Å². The summed E-state index contributed by atoms with van der Waals surface area (Å²) in [6.07, 6.45) is 7.05. The van der Waals surface area contributed by atoms with Crippen molar-refractivity contribution in [1.29, 1.82) is 5.26 Å². The van der Waals surface area contributed by atoms with E-state index in [-0.39, 0.29) is 0 Å². The monoisotopic (exact) mass is 286 g/mol. The molecule has 0 saturated heterocycles. The summed E-state index contributed by atoms with van der Waals surface area (Å²) in [6.45, 7) is 10.2. The molecule has 0 aliphatic rings. The molecule has 0 heterocycles. The lowest BCUT2D eigenvalue weighted by Gasteiger charge is -2.08. The molecule has 0 aliphatic heterocycles. The number of benzene rings is 1. The van der Waals surface area contributed by atoms with Gasteiger partial charge in [-0.3, -0.25) is 0 Å². The summed E-state index contributed by atoms with van der Waals surface area (Å²) >= 11 is 0. The van der Waals surface area contributed by atoms with Crippen molar-refractivity contribution in [3.63, 3.8) is 0 Å². The van der Waals surface area contributed by atoms with E-state index in [1.807, 2.05) is 30.3 Å². The number of allylic oxidation sites excluding steroid dienone is 7. The van der Waals surface area contributed by atoms with Gasteiger partial charge in [0.05, 0.1) is 5.57 Å².